The number of ether oxygens (including phenoxy) is 2. The standard InChI is InChI=1S/C23H21NO4/c25-23(26)19-5-3-4-17(12-19)14-24-13-16-8-10-18(11-9-16)22-15-27-20-6-1-2-7-21(20)28-22/h1-12,22,24H,13-15H2,(H,25,26)/t22-/m1/s1. The zero-order valence-electron chi connectivity index (χ0n) is 15.3. The maximum absolute atomic E-state index is 11.0. The summed E-state index contributed by atoms with van der Waals surface area (Å²) in [5.41, 5.74) is 3.48. The first-order valence-electron chi connectivity index (χ1n) is 9.19. The molecule has 1 heterocycles. The first-order chi connectivity index (χ1) is 13.7. The van der Waals surface area contributed by atoms with Gasteiger partial charge in [-0.2, -0.15) is 0 Å². The third-order valence-electron chi connectivity index (χ3n) is 4.69. The van der Waals surface area contributed by atoms with Crippen LogP contribution in [0.4, 0.5) is 0 Å². The second-order valence-corrected chi connectivity index (χ2v) is 6.71. The summed E-state index contributed by atoms with van der Waals surface area (Å²) in [4.78, 5) is 11.0. The molecule has 0 saturated heterocycles. The van der Waals surface area contributed by atoms with Crippen molar-refractivity contribution in [3.8, 4) is 11.5 Å². The normalized spacial score (nSPS) is 15.2. The number of para-hydroxylation sites is 2. The molecule has 0 bridgehead atoms. The van der Waals surface area contributed by atoms with Crippen molar-refractivity contribution in [3.05, 3.63) is 95.1 Å². The number of carboxylic acids is 1. The minimum absolute atomic E-state index is 0.115. The third-order valence-corrected chi connectivity index (χ3v) is 4.69. The van der Waals surface area contributed by atoms with E-state index in [-0.39, 0.29) is 6.10 Å². The number of rotatable bonds is 6. The molecule has 0 saturated carbocycles. The SMILES string of the molecule is O=C(O)c1cccc(CNCc2ccc([C@H]3COc4ccccc4O3)cc2)c1. The highest BCUT2D eigenvalue weighted by Crippen LogP contribution is 2.35. The highest BCUT2D eigenvalue weighted by atomic mass is 16.6. The van der Waals surface area contributed by atoms with Crippen molar-refractivity contribution in [3.63, 3.8) is 0 Å². The summed E-state index contributed by atoms with van der Waals surface area (Å²) in [7, 11) is 0. The van der Waals surface area contributed by atoms with Crippen LogP contribution < -0.4 is 14.8 Å². The lowest BCUT2D eigenvalue weighted by molar-refractivity contribution is 0.0696. The highest BCUT2D eigenvalue weighted by molar-refractivity contribution is 5.87. The molecule has 0 fully saturated rings. The van der Waals surface area contributed by atoms with Gasteiger partial charge in [-0.3, -0.25) is 0 Å². The molecule has 1 aliphatic rings. The van der Waals surface area contributed by atoms with E-state index in [4.69, 9.17) is 14.6 Å². The van der Waals surface area contributed by atoms with Gasteiger partial charge in [-0.25, -0.2) is 4.79 Å². The van der Waals surface area contributed by atoms with Gasteiger partial charge in [-0.15, -0.1) is 0 Å². The Morgan fingerprint density at radius 2 is 1.68 bits per heavy atom. The van der Waals surface area contributed by atoms with Crippen LogP contribution in [0.1, 0.15) is 33.2 Å². The van der Waals surface area contributed by atoms with Gasteiger partial charge in [-0.05, 0) is 41.0 Å². The first-order valence-corrected chi connectivity index (χ1v) is 9.19. The van der Waals surface area contributed by atoms with Crippen LogP contribution >= 0.6 is 0 Å². The molecule has 4 rings (SSSR count). The van der Waals surface area contributed by atoms with E-state index in [1.165, 1.54) is 0 Å². The number of benzene rings is 3. The van der Waals surface area contributed by atoms with Crippen LogP contribution in [0.15, 0.2) is 72.8 Å². The highest BCUT2D eigenvalue weighted by Gasteiger charge is 2.21. The molecule has 0 aliphatic carbocycles. The molecule has 2 N–H and O–H groups in total. The van der Waals surface area contributed by atoms with E-state index < -0.39 is 5.97 Å². The summed E-state index contributed by atoms with van der Waals surface area (Å²) in [5.74, 6) is 0.647. The van der Waals surface area contributed by atoms with Gasteiger partial charge in [0.25, 0.3) is 0 Å². The van der Waals surface area contributed by atoms with E-state index in [0.29, 0.717) is 25.3 Å². The Kier molecular flexibility index (Phi) is 5.26. The Hall–Kier alpha value is -3.31. The molecule has 0 amide bonds. The van der Waals surface area contributed by atoms with Crippen LogP contribution in [-0.4, -0.2) is 17.7 Å². The predicted octanol–water partition coefficient (Wildman–Crippen LogP) is 4.19. The summed E-state index contributed by atoms with van der Waals surface area (Å²) in [6.45, 7) is 1.80. The van der Waals surface area contributed by atoms with Gasteiger partial charge in [-0.1, -0.05) is 48.5 Å². The molecule has 1 atom stereocenters. The van der Waals surface area contributed by atoms with E-state index in [1.807, 2.05) is 30.3 Å². The van der Waals surface area contributed by atoms with Gasteiger partial charge in [0.1, 0.15) is 6.61 Å². The third kappa shape index (κ3) is 4.15. The number of hydrogen-bond acceptors (Lipinski definition) is 4. The van der Waals surface area contributed by atoms with E-state index in [0.717, 1.165) is 28.2 Å². The smallest absolute Gasteiger partial charge is 0.335 e. The fourth-order valence-electron chi connectivity index (χ4n) is 3.20. The lowest BCUT2D eigenvalue weighted by Gasteiger charge is -2.26. The molecule has 28 heavy (non-hydrogen) atoms. The fourth-order valence-corrected chi connectivity index (χ4v) is 3.20. The zero-order chi connectivity index (χ0) is 19.3. The molecule has 0 radical (unpaired) electrons. The minimum Gasteiger partial charge on any atom is -0.485 e. The molecule has 5 heteroatoms. The minimum atomic E-state index is -0.908. The van der Waals surface area contributed by atoms with Crippen molar-refractivity contribution in [2.45, 2.75) is 19.2 Å². The number of nitrogens with one attached hydrogen (secondary N) is 1. The van der Waals surface area contributed by atoms with Crippen molar-refractivity contribution >= 4 is 5.97 Å². The topological polar surface area (TPSA) is 67.8 Å². The van der Waals surface area contributed by atoms with Gasteiger partial charge in [0, 0.05) is 13.1 Å². The van der Waals surface area contributed by atoms with E-state index in [2.05, 4.69) is 29.6 Å². The van der Waals surface area contributed by atoms with Crippen LogP contribution in [-0.2, 0) is 13.1 Å². The van der Waals surface area contributed by atoms with Crippen molar-refractivity contribution in [2.24, 2.45) is 0 Å². The monoisotopic (exact) mass is 375 g/mol. The van der Waals surface area contributed by atoms with Gasteiger partial charge in [0.2, 0.25) is 0 Å². The Labute approximate surface area is 163 Å². The molecule has 142 valence electrons. The lowest BCUT2D eigenvalue weighted by atomic mass is 10.1. The van der Waals surface area contributed by atoms with Crippen molar-refractivity contribution < 1.29 is 19.4 Å². The van der Waals surface area contributed by atoms with Crippen molar-refractivity contribution in [2.75, 3.05) is 6.61 Å². The Balaban J connectivity index is 1.33. The molecule has 0 spiro atoms. The maximum Gasteiger partial charge on any atom is 0.335 e. The predicted molar refractivity (Wildman–Crippen MR) is 106 cm³/mol. The van der Waals surface area contributed by atoms with E-state index >= 15 is 0 Å². The van der Waals surface area contributed by atoms with Crippen LogP contribution in [0, 0.1) is 0 Å². The average molecular weight is 375 g/mol. The number of carbonyl (C=O) groups is 1. The zero-order valence-corrected chi connectivity index (χ0v) is 15.3. The Morgan fingerprint density at radius 3 is 2.46 bits per heavy atom. The summed E-state index contributed by atoms with van der Waals surface area (Å²) >= 11 is 0. The summed E-state index contributed by atoms with van der Waals surface area (Å²) in [6, 6.07) is 22.9. The van der Waals surface area contributed by atoms with Gasteiger partial charge in [0.05, 0.1) is 5.56 Å². The molecule has 1 aliphatic heterocycles. The van der Waals surface area contributed by atoms with Crippen molar-refractivity contribution in [1.29, 1.82) is 0 Å². The molecule has 3 aromatic carbocycles. The van der Waals surface area contributed by atoms with E-state index in [9.17, 15) is 4.79 Å². The summed E-state index contributed by atoms with van der Waals surface area (Å²) in [6.07, 6.45) is -0.115. The molecular weight excluding hydrogens is 354 g/mol. The second kappa shape index (κ2) is 8.15. The van der Waals surface area contributed by atoms with E-state index in [1.54, 1.807) is 18.2 Å². The maximum atomic E-state index is 11.0. The molecule has 0 aromatic heterocycles. The van der Waals surface area contributed by atoms with Crippen LogP contribution in [0.3, 0.4) is 0 Å². The molecule has 0 unspecified atom stereocenters. The van der Waals surface area contributed by atoms with Crippen LogP contribution in [0.2, 0.25) is 0 Å². The number of carboxylic acid groups (broad SMARTS) is 1. The van der Waals surface area contributed by atoms with Crippen molar-refractivity contribution in [1.82, 2.24) is 5.32 Å². The molecule has 3 aromatic rings. The van der Waals surface area contributed by atoms with Crippen LogP contribution in [0.25, 0.3) is 0 Å². The Morgan fingerprint density at radius 1 is 0.929 bits per heavy atom. The quantitative estimate of drug-likeness (QED) is 0.676. The lowest BCUT2D eigenvalue weighted by Crippen LogP contribution is -2.21. The van der Waals surface area contributed by atoms with Gasteiger partial charge >= 0.3 is 5.97 Å². The summed E-state index contributed by atoms with van der Waals surface area (Å²) < 4.78 is 11.8. The average Bonchev–Trinajstić information content (AvgIpc) is 2.74. The molecular formula is C23H21NO4. The molecule has 5 nitrogen and oxygen atoms in total. The van der Waals surface area contributed by atoms with Gasteiger partial charge < -0.3 is 19.9 Å². The number of fused-ring (bicyclic) bond motifs is 1. The largest absolute Gasteiger partial charge is 0.485 e. The Bertz CT molecular complexity index is 968. The summed E-state index contributed by atoms with van der Waals surface area (Å²) in [5, 5.41) is 12.4. The van der Waals surface area contributed by atoms with Gasteiger partial charge in [0.15, 0.2) is 17.6 Å². The number of hydrogen-bond donors (Lipinski definition) is 2. The van der Waals surface area contributed by atoms with Crippen LogP contribution in [0.5, 0.6) is 11.5 Å². The fraction of sp³-hybridized carbons (Fsp3) is 0.174. The number of aromatic carboxylic acids is 1. The first kappa shape index (κ1) is 18.1. The second-order valence-electron chi connectivity index (χ2n) is 6.71.